The van der Waals surface area contributed by atoms with Crippen LogP contribution in [-0.4, -0.2) is 13.8 Å². The maximum Gasteiger partial charge on any atom is 0.0948 e. The third-order valence-electron chi connectivity index (χ3n) is 3.37. The number of hydrogen-bond donors (Lipinski definition) is 1. The maximum atomic E-state index is 12.3. The van der Waals surface area contributed by atoms with Crippen molar-refractivity contribution in [2.45, 2.75) is 30.0 Å². The summed E-state index contributed by atoms with van der Waals surface area (Å²) < 4.78 is 14.4. The van der Waals surface area contributed by atoms with Crippen LogP contribution in [0.4, 0.5) is 5.69 Å². The van der Waals surface area contributed by atoms with Crippen molar-refractivity contribution in [3.8, 4) is 0 Å². The van der Waals surface area contributed by atoms with E-state index in [1.807, 2.05) is 24.7 Å². The van der Waals surface area contributed by atoms with Gasteiger partial charge >= 0.3 is 0 Å². The molecule has 0 saturated heterocycles. The molecule has 1 aromatic carbocycles. The van der Waals surface area contributed by atoms with Crippen molar-refractivity contribution in [1.29, 1.82) is 0 Å². The molecule has 1 atom stereocenters. The minimum absolute atomic E-state index is 0.511. The second-order valence-corrected chi connectivity index (χ2v) is 6.49. The molecule has 3 rings (SSSR count). The highest BCUT2D eigenvalue weighted by Gasteiger charge is 2.22. The van der Waals surface area contributed by atoms with Crippen molar-refractivity contribution < 1.29 is 4.21 Å². The number of aromatic nitrogens is 2. The first-order chi connectivity index (χ1) is 9.22. The van der Waals surface area contributed by atoms with Crippen LogP contribution in [-0.2, 0) is 23.1 Å². The fourth-order valence-electron chi connectivity index (χ4n) is 2.05. The molecular formula is C14H17N3OS. The van der Waals surface area contributed by atoms with Gasteiger partial charge in [0.25, 0.3) is 0 Å². The van der Waals surface area contributed by atoms with Crippen molar-refractivity contribution >= 4 is 16.5 Å². The molecule has 2 N–H and O–H groups in total. The molecule has 2 aromatic rings. The zero-order valence-electron chi connectivity index (χ0n) is 10.7. The first kappa shape index (κ1) is 12.4. The number of benzene rings is 1. The number of imidazole rings is 1. The van der Waals surface area contributed by atoms with Gasteiger partial charge in [0.15, 0.2) is 0 Å². The first-order valence-corrected chi connectivity index (χ1v) is 7.77. The van der Waals surface area contributed by atoms with E-state index in [0.717, 1.165) is 23.1 Å². The number of nitrogens with two attached hydrogens (primary N) is 1. The van der Waals surface area contributed by atoms with E-state index in [-0.39, 0.29) is 0 Å². The van der Waals surface area contributed by atoms with Gasteiger partial charge < -0.3 is 10.3 Å². The lowest BCUT2D eigenvalue weighted by atomic mass is 10.3. The molecule has 1 aromatic heterocycles. The molecule has 1 unspecified atom stereocenters. The van der Waals surface area contributed by atoms with Gasteiger partial charge in [-0.25, -0.2) is 4.98 Å². The van der Waals surface area contributed by atoms with Crippen LogP contribution in [0, 0.1) is 5.92 Å². The van der Waals surface area contributed by atoms with Crippen molar-refractivity contribution in [2.75, 3.05) is 5.73 Å². The second kappa shape index (κ2) is 5.17. The Kier molecular flexibility index (Phi) is 3.38. The molecule has 0 bridgehead atoms. The van der Waals surface area contributed by atoms with Gasteiger partial charge in [-0.15, -0.1) is 0 Å². The number of anilines is 1. The number of hydrogen-bond acceptors (Lipinski definition) is 3. The first-order valence-electron chi connectivity index (χ1n) is 6.45. The molecule has 5 heteroatoms. The lowest BCUT2D eigenvalue weighted by Gasteiger charge is -2.07. The summed E-state index contributed by atoms with van der Waals surface area (Å²) in [6.07, 6.45) is 6.27. The van der Waals surface area contributed by atoms with Gasteiger partial charge in [0.2, 0.25) is 0 Å². The fourth-order valence-corrected chi connectivity index (χ4v) is 3.16. The van der Waals surface area contributed by atoms with Gasteiger partial charge in [0.05, 0.1) is 28.6 Å². The van der Waals surface area contributed by atoms with E-state index in [4.69, 9.17) is 5.73 Å². The Morgan fingerprint density at radius 1 is 1.32 bits per heavy atom. The smallest absolute Gasteiger partial charge is 0.0948 e. The van der Waals surface area contributed by atoms with Gasteiger partial charge in [-0.3, -0.25) is 4.21 Å². The summed E-state index contributed by atoms with van der Waals surface area (Å²) in [5.41, 5.74) is 7.37. The molecule has 100 valence electrons. The van der Waals surface area contributed by atoms with Crippen LogP contribution in [0.2, 0.25) is 0 Å². The van der Waals surface area contributed by atoms with Crippen molar-refractivity contribution in [1.82, 2.24) is 9.55 Å². The highest BCUT2D eigenvalue weighted by atomic mass is 32.2. The number of nitrogen functional groups attached to an aromatic ring is 1. The van der Waals surface area contributed by atoms with E-state index in [0.29, 0.717) is 11.4 Å². The largest absolute Gasteiger partial charge is 0.399 e. The number of rotatable bonds is 5. The van der Waals surface area contributed by atoms with E-state index < -0.39 is 10.8 Å². The van der Waals surface area contributed by atoms with E-state index >= 15 is 0 Å². The molecule has 0 aliphatic heterocycles. The third kappa shape index (κ3) is 3.04. The average molecular weight is 275 g/mol. The summed E-state index contributed by atoms with van der Waals surface area (Å²) in [5.74, 6) is 1.30. The van der Waals surface area contributed by atoms with Crippen LogP contribution < -0.4 is 5.73 Å². The van der Waals surface area contributed by atoms with Gasteiger partial charge in [-0.05, 0) is 43.0 Å². The molecular weight excluding hydrogens is 258 g/mol. The molecule has 0 spiro atoms. The molecule has 0 amide bonds. The van der Waals surface area contributed by atoms with Crippen LogP contribution in [0.1, 0.15) is 18.5 Å². The topological polar surface area (TPSA) is 60.9 Å². The summed E-state index contributed by atoms with van der Waals surface area (Å²) >= 11 is 0. The zero-order valence-corrected chi connectivity index (χ0v) is 11.5. The van der Waals surface area contributed by atoms with Crippen molar-refractivity contribution in [3.63, 3.8) is 0 Å². The van der Waals surface area contributed by atoms with E-state index in [9.17, 15) is 4.21 Å². The van der Waals surface area contributed by atoms with E-state index in [1.54, 1.807) is 12.1 Å². The fraction of sp³-hybridized carbons (Fsp3) is 0.357. The summed E-state index contributed by atoms with van der Waals surface area (Å²) in [5, 5.41) is 0. The van der Waals surface area contributed by atoms with E-state index in [2.05, 4.69) is 9.55 Å². The lowest BCUT2D eigenvalue weighted by molar-refractivity contribution is 0.609. The highest BCUT2D eigenvalue weighted by Crippen LogP contribution is 2.31. The minimum Gasteiger partial charge on any atom is -0.399 e. The zero-order chi connectivity index (χ0) is 13.2. The predicted octanol–water partition coefficient (Wildman–Crippen LogP) is 2.18. The van der Waals surface area contributed by atoms with Crippen LogP contribution in [0.25, 0.3) is 0 Å². The Hall–Kier alpha value is -1.62. The maximum absolute atomic E-state index is 12.3. The van der Waals surface area contributed by atoms with Crippen LogP contribution in [0.5, 0.6) is 0 Å². The molecule has 1 fully saturated rings. The second-order valence-electron chi connectivity index (χ2n) is 5.04. The summed E-state index contributed by atoms with van der Waals surface area (Å²) in [6, 6.07) is 7.23. The summed E-state index contributed by atoms with van der Waals surface area (Å²) in [7, 11) is -1.04. The van der Waals surface area contributed by atoms with Crippen molar-refractivity contribution in [2.24, 2.45) is 5.92 Å². The van der Waals surface area contributed by atoms with Crippen molar-refractivity contribution in [3.05, 3.63) is 42.5 Å². The standard InChI is InChI=1S/C14H17N3OS/c15-12-3-5-14(6-4-12)19(18)9-13-7-16-10-17(13)8-11-1-2-11/h3-7,10-11H,1-2,8-9,15H2. The van der Waals surface area contributed by atoms with Gasteiger partial charge in [-0.2, -0.15) is 0 Å². The molecule has 1 aliphatic carbocycles. The monoisotopic (exact) mass is 275 g/mol. The van der Waals surface area contributed by atoms with E-state index in [1.165, 1.54) is 12.8 Å². The molecule has 0 radical (unpaired) electrons. The van der Waals surface area contributed by atoms with Crippen LogP contribution in [0.3, 0.4) is 0 Å². The van der Waals surface area contributed by atoms with Gasteiger partial charge in [-0.1, -0.05) is 0 Å². The molecule has 4 nitrogen and oxygen atoms in total. The van der Waals surface area contributed by atoms with Gasteiger partial charge in [0, 0.05) is 23.3 Å². The summed E-state index contributed by atoms with van der Waals surface area (Å²) in [4.78, 5) is 4.99. The number of nitrogens with zero attached hydrogens (tertiary/aromatic N) is 2. The highest BCUT2D eigenvalue weighted by molar-refractivity contribution is 7.84. The quantitative estimate of drug-likeness (QED) is 0.851. The normalized spacial score (nSPS) is 16.4. The minimum atomic E-state index is -1.04. The lowest BCUT2D eigenvalue weighted by Crippen LogP contribution is -2.06. The van der Waals surface area contributed by atoms with Gasteiger partial charge in [0.1, 0.15) is 0 Å². The Bertz CT molecular complexity index is 587. The van der Waals surface area contributed by atoms with Crippen LogP contribution >= 0.6 is 0 Å². The molecule has 1 aliphatic rings. The Balaban J connectivity index is 1.71. The average Bonchev–Trinajstić information content (AvgIpc) is 3.11. The molecule has 19 heavy (non-hydrogen) atoms. The Morgan fingerprint density at radius 2 is 2.05 bits per heavy atom. The third-order valence-corrected chi connectivity index (χ3v) is 4.73. The Labute approximate surface area is 115 Å². The van der Waals surface area contributed by atoms with Crippen LogP contribution in [0.15, 0.2) is 41.7 Å². The predicted molar refractivity (Wildman–Crippen MR) is 75.9 cm³/mol. The summed E-state index contributed by atoms with van der Waals surface area (Å²) in [6.45, 7) is 1.01. The molecule has 1 saturated carbocycles. The molecule has 1 heterocycles. The Morgan fingerprint density at radius 3 is 2.74 bits per heavy atom. The SMILES string of the molecule is Nc1ccc(S(=O)Cc2cncn2CC2CC2)cc1.